The summed E-state index contributed by atoms with van der Waals surface area (Å²) in [7, 11) is 1.66. The number of hydrogen-bond donors (Lipinski definition) is 2. The molecule has 0 unspecified atom stereocenters. The molecule has 2 N–H and O–H groups in total. The van der Waals surface area contributed by atoms with Crippen molar-refractivity contribution in [3.63, 3.8) is 0 Å². The number of aryl methyl sites for hydroxylation is 1. The van der Waals surface area contributed by atoms with Crippen LogP contribution in [0.2, 0.25) is 0 Å². The fourth-order valence-electron chi connectivity index (χ4n) is 1.96. The molecule has 0 fully saturated rings. The number of para-hydroxylation sites is 1. The third-order valence-electron chi connectivity index (χ3n) is 3.02. The van der Waals surface area contributed by atoms with Crippen molar-refractivity contribution in [1.29, 1.82) is 0 Å². The van der Waals surface area contributed by atoms with Crippen molar-refractivity contribution in [1.82, 2.24) is 10.3 Å². The number of fused-ring (bicyclic) bond motifs is 1. The highest BCUT2D eigenvalue weighted by Gasteiger charge is 2.14. The summed E-state index contributed by atoms with van der Waals surface area (Å²) in [5.74, 6) is -0.814. The molecule has 0 spiro atoms. The monoisotopic (exact) mass is 244 g/mol. The summed E-state index contributed by atoms with van der Waals surface area (Å²) in [5, 5.41) is 12.8. The summed E-state index contributed by atoms with van der Waals surface area (Å²) in [6, 6.07) is 9.47. The van der Waals surface area contributed by atoms with Gasteiger partial charge in [0.15, 0.2) is 0 Å². The molecule has 1 aromatic heterocycles. The molecule has 0 aliphatic rings. The van der Waals surface area contributed by atoms with E-state index in [1.165, 1.54) is 0 Å². The van der Waals surface area contributed by atoms with Gasteiger partial charge in [0, 0.05) is 11.6 Å². The largest absolute Gasteiger partial charge is 0.480 e. The fourth-order valence-corrected chi connectivity index (χ4v) is 1.96. The van der Waals surface area contributed by atoms with Crippen LogP contribution in [0.15, 0.2) is 36.5 Å². The number of nitrogens with one attached hydrogen (secondary N) is 1. The van der Waals surface area contributed by atoms with Gasteiger partial charge in [-0.1, -0.05) is 18.2 Å². The predicted molar refractivity (Wildman–Crippen MR) is 70.5 cm³/mol. The average molecular weight is 244 g/mol. The number of carbonyl (C=O) groups is 1. The van der Waals surface area contributed by atoms with Crippen LogP contribution in [-0.4, -0.2) is 29.1 Å². The number of carboxylic acid groups (broad SMARTS) is 1. The Morgan fingerprint density at radius 1 is 1.44 bits per heavy atom. The van der Waals surface area contributed by atoms with Gasteiger partial charge >= 0.3 is 5.97 Å². The van der Waals surface area contributed by atoms with Crippen LogP contribution in [0.5, 0.6) is 0 Å². The van der Waals surface area contributed by atoms with Crippen LogP contribution in [0, 0.1) is 0 Å². The van der Waals surface area contributed by atoms with E-state index in [-0.39, 0.29) is 0 Å². The van der Waals surface area contributed by atoms with Crippen LogP contribution in [0.4, 0.5) is 0 Å². The SMILES string of the molecule is CN[C@H](CCc1cnc2ccccc2c1)C(=O)O. The van der Waals surface area contributed by atoms with E-state index in [9.17, 15) is 4.79 Å². The first-order valence-electron chi connectivity index (χ1n) is 5.94. The number of aliphatic carboxylic acids is 1. The number of benzene rings is 1. The number of likely N-dealkylation sites (N-methyl/N-ethyl adjacent to an activating group) is 1. The third kappa shape index (κ3) is 2.84. The Balaban J connectivity index is 2.10. The van der Waals surface area contributed by atoms with Crippen molar-refractivity contribution in [2.75, 3.05) is 7.05 Å². The smallest absolute Gasteiger partial charge is 0.320 e. The quantitative estimate of drug-likeness (QED) is 0.842. The number of rotatable bonds is 5. The molecular weight excluding hydrogens is 228 g/mol. The van der Waals surface area contributed by atoms with E-state index in [2.05, 4.69) is 16.4 Å². The molecule has 2 rings (SSSR count). The molecular formula is C14H16N2O2. The standard InChI is InChI=1S/C14H16N2O2/c1-15-13(14(17)18)7-6-10-8-11-4-2-3-5-12(11)16-9-10/h2-5,8-9,13,15H,6-7H2,1H3,(H,17,18)/t13-/m1/s1. The first kappa shape index (κ1) is 12.5. The molecule has 2 aromatic rings. The number of nitrogens with zero attached hydrogens (tertiary/aromatic N) is 1. The molecule has 1 heterocycles. The van der Waals surface area contributed by atoms with Crippen LogP contribution < -0.4 is 5.32 Å². The molecule has 0 saturated heterocycles. The second-order valence-corrected chi connectivity index (χ2v) is 4.25. The van der Waals surface area contributed by atoms with Crippen molar-refractivity contribution in [2.24, 2.45) is 0 Å². The minimum atomic E-state index is -0.814. The van der Waals surface area contributed by atoms with Crippen molar-refractivity contribution >= 4 is 16.9 Å². The van der Waals surface area contributed by atoms with E-state index >= 15 is 0 Å². The van der Waals surface area contributed by atoms with Gasteiger partial charge in [-0.05, 0) is 37.6 Å². The van der Waals surface area contributed by atoms with Gasteiger partial charge in [0.25, 0.3) is 0 Å². The first-order chi connectivity index (χ1) is 8.70. The van der Waals surface area contributed by atoms with Gasteiger partial charge in [-0.3, -0.25) is 9.78 Å². The topological polar surface area (TPSA) is 62.2 Å². The summed E-state index contributed by atoms with van der Waals surface area (Å²) in [4.78, 5) is 15.2. The van der Waals surface area contributed by atoms with Gasteiger partial charge in [0.05, 0.1) is 5.52 Å². The minimum absolute atomic E-state index is 0.503. The molecule has 0 bridgehead atoms. The predicted octanol–water partition coefficient (Wildman–Crippen LogP) is 1.84. The Morgan fingerprint density at radius 3 is 2.94 bits per heavy atom. The molecule has 0 aliphatic heterocycles. The Bertz CT molecular complexity index is 554. The van der Waals surface area contributed by atoms with Gasteiger partial charge in [-0.15, -0.1) is 0 Å². The molecule has 0 radical (unpaired) electrons. The normalized spacial score (nSPS) is 12.5. The van der Waals surface area contributed by atoms with Crippen LogP contribution in [0.25, 0.3) is 10.9 Å². The van der Waals surface area contributed by atoms with Crippen LogP contribution >= 0.6 is 0 Å². The summed E-state index contributed by atoms with van der Waals surface area (Å²) in [6.45, 7) is 0. The highest BCUT2D eigenvalue weighted by Crippen LogP contribution is 2.14. The second-order valence-electron chi connectivity index (χ2n) is 4.25. The maximum absolute atomic E-state index is 10.9. The van der Waals surface area contributed by atoms with E-state index in [1.54, 1.807) is 7.05 Å². The molecule has 0 saturated carbocycles. The van der Waals surface area contributed by atoms with Crippen molar-refractivity contribution < 1.29 is 9.90 Å². The lowest BCUT2D eigenvalue weighted by Gasteiger charge is -2.10. The Kier molecular flexibility index (Phi) is 3.89. The molecule has 4 heteroatoms. The van der Waals surface area contributed by atoms with E-state index in [4.69, 9.17) is 5.11 Å². The van der Waals surface area contributed by atoms with Crippen LogP contribution in [0.3, 0.4) is 0 Å². The zero-order valence-corrected chi connectivity index (χ0v) is 10.3. The highest BCUT2D eigenvalue weighted by atomic mass is 16.4. The van der Waals surface area contributed by atoms with Crippen molar-refractivity contribution in [3.8, 4) is 0 Å². The van der Waals surface area contributed by atoms with Crippen LogP contribution in [0.1, 0.15) is 12.0 Å². The fraction of sp³-hybridized carbons (Fsp3) is 0.286. The average Bonchev–Trinajstić information content (AvgIpc) is 2.39. The lowest BCUT2D eigenvalue weighted by Crippen LogP contribution is -2.34. The number of carboxylic acids is 1. The zero-order chi connectivity index (χ0) is 13.0. The molecule has 0 amide bonds. The van der Waals surface area contributed by atoms with E-state index in [0.29, 0.717) is 12.8 Å². The number of pyridine rings is 1. The molecule has 94 valence electrons. The second kappa shape index (κ2) is 5.60. The van der Waals surface area contributed by atoms with Gasteiger partial charge in [-0.25, -0.2) is 0 Å². The third-order valence-corrected chi connectivity index (χ3v) is 3.02. The lowest BCUT2D eigenvalue weighted by molar-refractivity contribution is -0.139. The Labute approximate surface area is 106 Å². The Hall–Kier alpha value is -1.94. The number of aromatic nitrogens is 1. The zero-order valence-electron chi connectivity index (χ0n) is 10.3. The molecule has 4 nitrogen and oxygen atoms in total. The van der Waals surface area contributed by atoms with Crippen LogP contribution in [-0.2, 0) is 11.2 Å². The molecule has 1 aromatic carbocycles. The maximum Gasteiger partial charge on any atom is 0.320 e. The summed E-state index contributed by atoms with van der Waals surface area (Å²) in [6.07, 6.45) is 3.08. The van der Waals surface area contributed by atoms with Crippen molar-refractivity contribution in [3.05, 3.63) is 42.1 Å². The van der Waals surface area contributed by atoms with Gasteiger partial charge in [0.2, 0.25) is 0 Å². The minimum Gasteiger partial charge on any atom is -0.480 e. The van der Waals surface area contributed by atoms with E-state index in [0.717, 1.165) is 16.5 Å². The van der Waals surface area contributed by atoms with E-state index in [1.807, 2.05) is 30.5 Å². The number of hydrogen-bond acceptors (Lipinski definition) is 3. The van der Waals surface area contributed by atoms with Gasteiger partial charge in [-0.2, -0.15) is 0 Å². The van der Waals surface area contributed by atoms with Gasteiger partial charge in [0.1, 0.15) is 6.04 Å². The Morgan fingerprint density at radius 2 is 2.22 bits per heavy atom. The van der Waals surface area contributed by atoms with Crippen molar-refractivity contribution in [2.45, 2.75) is 18.9 Å². The maximum atomic E-state index is 10.9. The molecule has 1 atom stereocenters. The molecule has 0 aliphatic carbocycles. The summed E-state index contributed by atoms with van der Waals surface area (Å²) in [5.41, 5.74) is 2.03. The summed E-state index contributed by atoms with van der Waals surface area (Å²) >= 11 is 0. The van der Waals surface area contributed by atoms with Gasteiger partial charge < -0.3 is 10.4 Å². The molecule has 18 heavy (non-hydrogen) atoms. The lowest BCUT2D eigenvalue weighted by atomic mass is 10.1. The van der Waals surface area contributed by atoms with E-state index < -0.39 is 12.0 Å². The summed E-state index contributed by atoms with van der Waals surface area (Å²) < 4.78 is 0. The highest BCUT2D eigenvalue weighted by molar-refractivity contribution is 5.78. The first-order valence-corrected chi connectivity index (χ1v) is 5.94.